The van der Waals surface area contributed by atoms with Gasteiger partial charge in [0.2, 0.25) is 5.89 Å². The normalized spacial score (nSPS) is 12.4. The summed E-state index contributed by atoms with van der Waals surface area (Å²) >= 11 is 1.41. The monoisotopic (exact) mass is 421 g/mol. The summed E-state index contributed by atoms with van der Waals surface area (Å²) in [4.78, 5) is 27.1. The molecule has 0 saturated carbocycles. The van der Waals surface area contributed by atoms with Crippen LogP contribution in [0, 0.1) is 6.92 Å². The van der Waals surface area contributed by atoms with Gasteiger partial charge < -0.3 is 4.52 Å². The molecule has 0 saturated heterocycles. The van der Waals surface area contributed by atoms with E-state index in [9.17, 15) is 4.79 Å². The van der Waals surface area contributed by atoms with Gasteiger partial charge in [-0.1, -0.05) is 48.5 Å². The molecule has 1 aromatic carbocycles. The number of hydrogen-bond acceptors (Lipinski definition) is 7. The van der Waals surface area contributed by atoms with E-state index in [2.05, 4.69) is 22.0 Å². The molecule has 3 heterocycles. The third-order valence-corrected chi connectivity index (χ3v) is 5.85. The van der Waals surface area contributed by atoms with Gasteiger partial charge in [0.1, 0.15) is 5.82 Å². The molecule has 30 heavy (non-hydrogen) atoms. The third kappa shape index (κ3) is 4.00. The Labute approximate surface area is 178 Å². The van der Waals surface area contributed by atoms with Gasteiger partial charge in [0.15, 0.2) is 11.0 Å². The van der Waals surface area contributed by atoms with Gasteiger partial charge in [0.25, 0.3) is 5.56 Å². The van der Waals surface area contributed by atoms with E-state index in [-0.39, 0.29) is 10.8 Å². The zero-order chi connectivity index (χ0) is 21.1. The minimum absolute atomic E-state index is 0.147. The molecular formula is C22H23N5O2S. The number of pyridine rings is 1. The molecule has 0 unspecified atom stereocenters. The van der Waals surface area contributed by atoms with E-state index in [1.54, 1.807) is 16.8 Å². The van der Waals surface area contributed by atoms with Gasteiger partial charge in [0, 0.05) is 12.6 Å². The number of aromatic nitrogens is 5. The number of para-hydroxylation sites is 1. The number of thioether (sulfide) groups is 1. The smallest absolute Gasteiger partial charge is 0.267 e. The minimum atomic E-state index is -0.170. The van der Waals surface area contributed by atoms with Gasteiger partial charge in [-0.05, 0) is 44.0 Å². The first-order valence-electron chi connectivity index (χ1n) is 10.0. The lowest BCUT2D eigenvalue weighted by molar-refractivity contribution is 0.374. The SMILES string of the molecule is CCCCc1noc([C@@H](C)Sc2nc3ccccc3c(=O)n2-c2ncccc2C)n1. The summed E-state index contributed by atoms with van der Waals surface area (Å²) in [5, 5.41) is 5.01. The number of unbranched alkanes of at least 4 members (excludes halogenated alkanes) is 1. The average molecular weight is 422 g/mol. The van der Waals surface area contributed by atoms with Gasteiger partial charge in [-0.3, -0.25) is 4.79 Å². The fourth-order valence-corrected chi connectivity index (χ4v) is 4.11. The predicted octanol–water partition coefficient (Wildman–Crippen LogP) is 4.67. The summed E-state index contributed by atoms with van der Waals surface area (Å²) in [5.41, 5.74) is 1.40. The number of fused-ring (bicyclic) bond motifs is 1. The number of rotatable bonds is 7. The molecule has 0 aliphatic rings. The third-order valence-electron chi connectivity index (χ3n) is 4.81. The van der Waals surface area contributed by atoms with Crippen LogP contribution in [-0.4, -0.2) is 24.7 Å². The van der Waals surface area contributed by atoms with Crippen molar-refractivity contribution < 1.29 is 4.52 Å². The Morgan fingerprint density at radius 1 is 1.17 bits per heavy atom. The van der Waals surface area contributed by atoms with Crippen molar-refractivity contribution >= 4 is 22.7 Å². The van der Waals surface area contributed by atoms with E-state index in [1.165, 1.54) is 11.8 Å². The second-order valence-corrected chi connectivity index (χ2v) is 8.42. The summed E-state index contributed by atoms with van der Waals surface area (Å²) in [6.07, 6.45) is 4.57. The van der Waals surface area contributed by atoms with Crippen LogP contribution in [0.3, 0.4) is 0 Å². The summed E-state index contributed by atoms with van der Waals surface area (Å²) in [6, 6.07) is 11.1. The van der Waals surface area contributed by atoms with Crippen LogP contribution in [0.4, 0.5) is 0 Å². The van der Waals surface area contributed by atoms with Crippen LogP contribution in [0.1, 0.15) is 49.2 Å². The van der Waals surface area contributed by atoms with E-state index in [4.69, 9.17) is 9.51 Å². The summed E-state index contributed by atoms with van der Waals surface area (Å²) in [5.74, 6) is 1.81. The molecule has 0 amide bonds. The van der Waals surface area contributed by atoms with Crippen LogP contribution < -0.4 is 5.56 Å². The Hall–Kier alpha value is -3.00. The minimum Gasteiger partial charge on any atom is -0.338 e. The lowest BCUT2D eigenvalue weighted by Crippen LogP contribution is -2.23. The lowest BCUT2D eigenvalue weighted by Gasteiger charge is -2.15. The molecule has 7 nitrogen and oxygen atoms in total. The van der Waals surface area contributed by atoms with Crippen LogP contribution in [0.15, 0.2) is 57.1 Å². The van der Waals surface area contributed by atoms with Gasteiger partial charge in [-0.15, -0.1) is 0 Å². The van der Waals surface area contributed by atoms with E-state index in [1.807, 2.05) is 44.2 Å². The van der Waals surface area contributed by atoms with E-state index in [0.29, 0.717) is 33.6 Å². The summed E-state index contributed by atoms with van der Waals surface area (Å²) in [7, 11) is 0. The first-order valence-corrected chi connectivity index (χ1v) is 10.9. The van der Waals surface area contributed by atoms with E-state index >= 15 is 0 Å². The van der Waals surface area contributed by atoms with Crippen LogP contribution in [-0.2, 0) is 6.42 Å². The van der Waals surface area contributed by atoms with Crippen LogP contribution >= 0.6 is 11.8 Å². The van der Waals surface area contributed by atoms with Crippen molar-refractivity contribution in [1.82, 2.24) is 24.7 Å². The number of nitrogens with zero attached hydrogens (tertiary/aromatic N) is 5. The highest BCUT2D eigenvalue weighted by Crippen LogP contribution is 2.34. The van der Waals surface area contributed by atoms with Crippen LogP contribution in [0.25, 0.3) is 16.7 Å². The highest BCUT2D eigenvalue weighted by molar-refractivity contribution is 7.99. The molecule has 0 N–H and O–H groups in total. The van der Waals surface area contributed by atoms with Crippen molar-refractivity contribution in [3.63, 3.8) is 0 Å². The highest BCUT2D eigenvalue weighted by atomic mass is 32.2. The maximum atomic E-state index is 13.4. The Bertz CT molecular complexity index is 1230. The van der Waals surface area contributed by atoms with Crippen molar-refractivity contribution in [2.45, 2.75) is 50.4 Å². The second-order valence-electron chi connectivity index (χ2n) is 7.11. The fraction of sp³-hybridized carbons (Fsp3) is 0.318. The number of aryl methyl sites for hydroxylation is 2. The Balaban J connectivity index is 1.78. The first-order chi connectivity index (χ1) is 14.6. The zero-order valence-electron chi connectivity index (χ0n) is 17.2. The molecule has 0 aliphatic heterocycles. The highest BCUT2D eigenvalue weighted by Gasteiger charge is 2.21. The fourth-order valence-electron chi connectivity index (χ4n) is 3.17. The molecule has 1 atom stereocenters. The molecular weight excluding hydrogens is 398 g/mol. The molecule has 4 aromatic rings. The molecule has 0 radical (unpaired) electrons. The number of benzene rings is 1. The lowest BCUT2D eigenvalue weighted by atomic mass is 10.2. The number of hydrogen-bond donors (Lipinski definition) is 0. The van der Waals surface area contributed by atoms with Crippen molar-refractivity contribution in [3.8, 4) is 5.82 Å². The quantitative estimate of drug-likeness (QED) is 0.317. The molecule has 8 heteroatoms. The van der Waals surface area contributed by atoms with Crippen molar-refractivity contribution in [3.05, 3.63) is 70.2 Å². The van der Waals surface area contributed by atoms with Gasteiger partial charge >= 0.3 is 0 Å². The maximum Gasteiger partial charge on any atom is 0.267 e. The van der Waals surface area contributed by atoms with Crippen LogP contribution in [0.5, 0.6) is 0 Å². The molecule has 0 spiro atoms. The van der Waals surface area contributed by atoms with E-state index in [0.717, 1.165) is 24.8 Å². The van der Waals surface area contributed by atoms with Crippen molar-refractivity contribution in [2.75, 3.05) is 0 Å². The largest absolute Gasteiger partial charge is 0.338 e. The summed E-state index contributed by atoms with van der Waals surface area (Å²) in [6.45, 7) is 6.03. The van der Waals surface area contributed by atoms with E-state index < -0.39 is 0 Å². The molecule has 154 valence electrons. The topological polar surface area (TPSA) is 86.7 Å². The molecule has 0 fully saturated rings. The van der Waals surface area contributed by atoms with Crippen molar-refractivity contribution in [2.24, 2.45) is 0 Å². The van der Waals surface area contributed by atoms with Gasteiger partial charge in [-0.2, -0.15) is 4.98 Å². The zero-order valence-corrected chi connectivity index (χ0v) is 18.0. The Kier molecular flexibility index (Phi) is 5.94. The second kappa shape index (κ2) is 8.79. The predicted molar refractivity (Wildman–Crippen MR) is 117 cm³/mol. The standard InChI is InChI=1S/C22H23N5O2S/c1-4-5-12-18-25-20(29-26-18)15(3)30-22-24-17-11-7-6-10-16(17)21(28)27(22)19-14(2)9-8-13-23-19/h6-11,13,15H,4-5,12H2,1-3H3/t15-/m1/s1. The van der Waals surface area contributed by atoms with Gasteiger partial charge in [0.05, 0.1) is 16.2 Å². The Morgan fingerprint density at radius 2 is 2.00 bits per heavy atom. The van der Waals surface area contributed by atoms with Gasteiger partial charge in [-0.25, -0.2) is 14.5 Å². The van der Waals surface area contributed by atoms with Crippen LogP contribution in [0.2, 0.25) is 0 Å². The molecule has 4 rings (SSSR count). The van der Waals surface area contributed by atoms with Crippen molar-refractivity contribution in [1.29, 1.82) is 0 Å². The molecule has 0 bridgehead atoms. The Morgan fingerprint density at radius 3 is 2.80 bits per heavy atom. The molecule has 0 aliphatic carbocycles. The maximum absolute atomic E-state index is 13.4. The first kappa shape index (κ1) is 20.3. The summed E-state index contributed by atoms with van der Waals surface area (Å²) < 4.78 is 7.05. The molecule has 3 aromatic heterocycles. The average Bonchev–Trinajstić information content (AvgIpc) is 3.23.